The van der Waals surface area contributed by atoms with Gasteiger partial charge in [-0.05, 0) is 12.0 Å². The number of hydrogen-bond donors (Lipinski definition) is 2. The normalized spacial score (nSPS) is 9.71. The second-order valence-corrected chi connectivity index (χ2v) is 3.78. The number of carbonyl (C=O) groups excluding carboxylic acids is 2. The molecule has 0 fully saturated rings. The Hall–Kier alpha value is -1.84. The number of carbonyl (C=O) groups is 2. The predicted octanol–water partition coefficient (Wildman–Crippen LogP) is 1.22. The van der Waals surface area contributed by atoms with Gasteiger partial charge in [0.05, 0.1) is 0 Å². The third-order valence-electron chi connectivity index (χ3n) is 2.32. The molecule has 0 atom stereocenters. The van der Waals surface area contributed by atoms with Crippen molar-refractivity contribution >= 4 is 11.8 Å². The maximum atomic E-state index is 11.4. The molecule has 0 aliphatic carbocycles. The molecule has 17 heavy (non-hydrogen) atoms. The molecule has 0 aliphatic heterocycles. The largest absolute Gasteiger partial charge is 0.348 e. The third-order valence-corrected chi connectivity index (χ3v) is 2.32. The molecule has 0 heterocycles. The molecule has 0 saturated heterocycles. The predicted molar refractivity (Wildman–Crippen MR) is 66.2 cm³/mol. The Bertz CT molecular complexity index is 363. The van der Waals surface area contributed by atoms with Crippen LogP contribution in [-0.2, 0) is 16.1 Å². The van der Waals surface area contributed by atoms with Crippen molar-refractivity contribution in [2.75, 3.05) is 6.54 Å². The molecule has 1 aromatic rings. The zero-order valence-electron chi connectivity index (χ0n) is 10.0. The first kappa shape index (κ1) is 13.2. The maximum Gasteiger partial charge on any atom is 0.309 e. The molecule has 1 aromatic carbocycles. The van der Waals surface area contributed by atoms with Gasteiger partial charge in [0.15, 0.2) is 0 Å². The Morgan fingerprint density at radius 2 is 1.71 bits per heavy atom. The van der Waals surface area contributed by atoms with Gasteiger partial charge < -0.3 is 10.6 Å². The number of hydrogen-bond acceptors (Lipinski definition) is 2. The minimum Gasteiger partial charge on any atom is -0.348 e. The smallest absolute Gasteiger partial charge is 0.309 e. The first-order chi connectivity index (χ1) is 8.24. The lowest BCUT2D eigenvalue weighted by atomic mass is 10.2. The molecule has 0 radical (unpaired) electrons. The average molecular weight is 234 g/mol. The van der Waals surface area contributed by atoms with E-state index >= 15 is 0 Å². The zero-order chi connectivity index (χ0) is 12.5. The van der Waals surface area contributed by atoms with Crippen LogP contribution in [0.2, 0.25) is 0 Å². The van der Waals surface area contributed by atoms with Crippen molar-refractivity contribution < 1.29 is 9.59 Å². The van der Waals surface area contributed by atoms with Crippen LogP contribution >= 0.6 is 0 Å². The van der Waals surface area contributed by atoms with Crippen LogP contribution in [0, 0.1) is 0 Å². The number of rotatable bonds is 5. The molecule has 2 amide bonds. The molecule has 0 unspecified atom stereocenters. The van der Waals surface area contributed by atoms with E-state index in [9.17, 15) is 9.59 Å². The van der Waals surface area contributed by atoms with Crippen molar-refractivity contribution in [2.24, 2.45) is 0 Å². The van der Waals surface area contributed by atoms with Crippen LogP contribution in [0.5, 0.6) is 0 Å². The Morgan fingerprint density at radius 1 is 1.06 bits per heavy atom. The van der Waals surface area contributed by atoms with Crippen LogP contribution in [0.4, 0.5) is 0 Å². The molecular weight excluding hydrogens is 216 g/mol. The lowest BCUT2D eigenvalue weighted by Crippen LogP contribution is -2.39. The Labute approximate surface area is 101 Å². The third kappa shape index (κ3) is 5.15. The molecule has 0 saturated carbocycles. The summed E-state index contributed by atoms with van der Waals surface area (Å²) in [7, 11) is 0. The van der Waals surface area contributed by atoms with Gasteiger partial charge in [0.2, 0.25) is 0 Å². The molecule has 4 nitrogen and oxygen atoms in total. The van der Waals surface area contributed by atoms with Crippen LogP contribution in [0.3, 0.4) is 0 Å². The van der Waals surface area contributed by atoms with Crippen molar-refractivity contribution in [3.8, 4) is 0 Å². The Balaban J connectivity index is 2.27. The van der Waals surface area contributed by atoms with E-state index in [2.05, 4.69) is 10.6 Å². The molecule has 0 bridgehead atoms. The Morgan fingerprint density at radius 3 is 2.35 bits per heavy atom. The lowest BCUT2D eigenvalue weighted by Gasteiger charge is -2.05. The fourth-order valence-electron chi connectivity index (χ4n) is 1.32. The second kappa shape index (κ2) is 7.44. The molecule has 2 N–H and O–H groups in total. The van der Waals surface area contributed by atoms with Crippen LogP contribution in [0.15, 0.2) is 30.3 Å². The fraction of sp³-hybridized carbons (Fsp3) is 0.385. The fourth-order valence-corrected chi connectivity index (χ4v) is 1.32. The molecule has 1 rings (SSSR count). The van der Waals surface area contributed by atoms with Gasteiger partial charge in [-0.2, -0.15) is 0 Å². The number of benzene rings is 1. The molecule has 4 heteroatoms. The maximum absolute atomic E-state index is 11.4. The Kier molecular flexibility index (Phi) is 5.79. The van der Waals surface area contributed by atoms with E-state index in [-0.39, 0.29) is 0 Å². The summed E-state index contributed by atoms with van der Waals surface area (Å²) in [4.78, 5) is 22.7. The standard InChI is InChI=1S/C13H18N2O2/c1-2-3-9-14-12(16)13(17)15-10-11-7-5-4-6-8-11/h4-8H,2-3,9-10H2,1H3,(H,14,16)(H,15,17). The summed E-state index contributed by atoms with van der Waals surface area (Å²) in [5.74, 6) is -1.14. The average Bonchev–Trinajstić information content (AvgIpc) is 2.37. The van der Waals surface area contributed by atoms with Gasteiger partial charge >= 0.3 is 11.8 Å². The minimum atomic E-state index is -0.579. The highest BCUT2D eigenvalue weighted by Crippen LogP contribution is 1.96. The van der Waals surface area contributed by atoms with Crippen molar-refractivity contribution in [2.45, 2.75) is 26.3 Å². The number of amides is 2. The molecule has 0 aromatic heterocycles. The van der Waals surface area contributed by atoms with Crippen LogP contribution < -0.4 is 10.6 Å². The van der Waals surface area contributed by atoms with Gasteiger partial charge in [0, 0.05) is 13.1 Å². The highest BCUT2D eigenvalue weighted by molar-refractivity contribution is 6.35. The molecule has 92 valence electrons. The first-order valence-electron chi connectivity index (χ1n) is 5.84. The number of unbranched alkanes of at least 4 members (excludes halogenated alkanes) is 1. The summed E-state index contributed by atoms with van der Waals surface area (Å²) in [5.41, 5.74) is 0.974. The van der Waals surface area contributed by atoms with E-state index in [0.717, 1.165) is 18.4 Å². The van der Waals surface area contributed by atoms with Gasteiger partial charge in [-0.3, -0.25) is 9.59 Å². The second-order valence-electron chi connectivity index (χ2n) is 3.78. The summed E-state index contributed by atoms with van der Waals surface area (Å²) in [6.45, 7) is 2.95. The summed E-state index contributed by atoms with van der Waals surface area (Å²) >= 11 is 0. The lowest BCUT2D eigenvalue weighted by molar-refractivity contribution is -0.139. The van der Waals surface area contributed by atoms with E-state index in [1.807, 2.05) is 37.3 Å². The van der Waals surface area contributed by atoms with Gasteiger partial charge in [-0.25, -0.2) is 0 Å². The molecule has 0 aliphatic rings. The highest BCUT2D eigenvalue weighted by atomic mass is 16.2. The highest BCUT2D eigenvalue weighted by Gasteiger charge is 2.11. The topological polar surface area (TPSA) is 58.2 Å². The summed E-state index contributed by atoms with van der Waals surface area (Å²) < 4.78 is 0. The SMILES string of the molecule is CCCCNC(=O)C(=O)NCc1ccccc1. The van der Waals surface area contributed by atoms with Gasteiger partial charge in [0.1, 0.15) is 0 Å². The van der Waals surface area contributed by atoms with Crippen molar-refractivity contribution in [3.05, 3.63) is 35.9 Å². The monoisotopic (exact) mass is 234 g/mol. The van der Waals surface area contributed by atoms with E-state index in [1.165, 1.54) is 0 Å². The van der Waals surface area contributed by atoms with Crippen molar-refractivity contribution in [1.29, 1.82) is 0 Å². The molecular formula is C13H18N2O2. The van der Waals surface area contributed by atoms with Gasteiger partial charge in [0.25, 0.3) is 0 Å². The first-order valence-corrected chi connectivity index (χ1v) is 5.84. The van der Waals surface area contributed by atoms with E-state index < -0.39 is 11.8 Å². The minimum absolute atomic E-state index is 0.376. The number of nitrogens with one attached hydrogen (secondary N) is 2. The van der Waals surface area contributed by atoms with Crippen LogP contribution in [0.25, 0.3) is 0 Å². The van der Waals surface area contributed by atoms with Crippen LogP contribution in [-0.4, -0.2) is 18.4 Å². The van der Waals surface area contributed by atoms with Crippen LogP contribution in [0.1, 0.15) is 25.3 Å². The van der Waals surface area contributed by atoms with Crippen molar-refractivity contribution in [1.82, 2.24) is 10.6 Å². The van der Waals surface area contributed by atoms with Gasteiger partial charge in [-0.15, -0.1) is 0 Å². The summed E-state index contributed by atoms with van der Waals surface area (Å²) in [6, 6.07) is 9.49. The zero-order valence-corrected chi connectivity index (χ0v) is 10.0. The summed E-state index contributed by atoms with van der Waals surface area (Å²) in [6.07, 6.45) is 1.88. The van der Waals surface area contributed by atoms with E-state index in [1.54, 1.807) is 0 Å². The van der Waals surface area contributed by atoms with Gasteiger partial charge in [-0.1, -0.05) is 43.7 Å². The molecule has 0 spiro atoms. The quantitative estimate of drug-likeness (QED) is 0.594. The van der Waals surface area contributed by atoms with E-state index in [4.69, 9.17) is 0 Å². The van der Waals surface area contributed by atoms with Crippen molar-refractivity contribution in [3.63, 3.8) is 0 Å². The summed E-state index contributed by atoms with van der Waals surface area (Å²) in [5, 5.41) is 5.14. The van der Waals surface area contributed by atoms with E-state index in [0.29, 0.717) is 13.1 Å².